The molecule has 0 radical (unpaired) electrons. The molecular weight excluding hydrogens is 520 g/mol. The van der Waals surface area contributed by atoms with Crippen molar-refractivity contribution in [1.82, 2.24) is 19.6 Å². The van der Waals surface area contributed by atoms with Gasteiger partial charge in [0.05, 0.1) is 31.8 Å². The molecule has 0 aromatic carbocycles. The lowest BCUT2D eigenvalue weighted by molar-refractivity contribution is -0.349. The minimum atomic E-state index is -0.900. The van der Waals surface area contributed by atoms with Crippen molar-refractivity contribution in [3.8, 4) is 0 Å². The summed E-state index contributed by atoms with van der Waals surface area (Å²) < 4.78 is 11.1. The zero-order chi connectivity index (χ0) is 30.6. The van der Waals surface area contributed by atoms with Gasteiger partial charge < -0.3 is 14.6 Å². The van der Waals surface area contributed by atoms with E-state index in [4.69, 9.17) is 19.2 Å². The number of rotatable bonds is 10. The van der Waals surface area contributed by atoms with Crippen molar-refractivity contribution in [3.05, 3.63) is 0 Å². The average Bonchev–Trinajstić information content (AvgIpc) is 2.74. The van der Waals surface area contributed by atoms with Crippen molar-refractivity contribution >= 4 is 17.9 Å². The number of carboxylic acids is 1. The Bertz CT molecular complexity index is 789. The normalized spacial score (nSPS) is 18.5. The minimum Gasteiger partial charge on any atom is -0.480 e. The third kappa shape index (κ3) is 19.3. The average molecular weight is 575 g/mol. The predicted molar refractivity (Wildman–Crippen MR) is 152 cm³/mol. The van der Waals surface area contributed by atoms with E-state index in [9.17, 15) is 19.5 Å². The molecule has 0 bridgehead atoms. The molecule has 0 saturated carbocycles. The van der Waals surface area contributed by atoms with Crippen molar-refractivity contribution in [2.45, 2.75) is 79.1 Å². The molecule has 1 aliphatic heterocycles. The van der Waals surface area contributed by atoms with Crippen LogP contribution in [0.2, 0.25) is 0 Å². The molecule has 0 unspecified atom stereocenters. The highest BCUT2D eigenvalue weighted by Crippen LogP contribution is 2.11. The molecule has 1 fully saturated rings. The molecule has 40 heavy (non-hydrogen) atoms. The van der Waals surface area contributed by atoms with Crippen LogP contribution in [0.15, 0.2) is 0 Å². The van der Waals surface area contributed by atoms with Gasteiger partial charge in [-0.1, -0.05) is 0 Å². The fourth-order valence-corrected chi connectivity index (χ4v) is 3.97. The second-order valence-electron chi connectivity index (χ2n) is 13.3. The fraction of sp³-hybridized carbons (Fsp3) is 0.893. The molecule has 1 N–H and O–H groups in total. The Morgan fingerprint density at radius 3 is 1.25 bits per heavy atom. The zero-order valence-electron chi connectivity index (χ0n) is 26.3. The largest absolute Gasteiger partial charge is 0.480 e. The van der Waals surface area contributed by atoms with Crippen molar-refractivity contribution < 1.29 is 38.7 Å². The van der Waals surface area contributed by atoms with E-state index in [0.717, 1.165) is 0 Å². The highest BCUT2D eigenvalue weighted by Gasteiger charge is 2.24. The van der Waals surface area contributed by atoms with E-state index >= 15 is 0 Å². The van der Waals surface area contributed by atoms with Gasteiger partial charge in [0.2, 0.25) is 0 Å². The summed E-state index contributed by atoms with van der Waals surface area (Å²) in [5, 5.41) is 9.48. The van der Waals surface area contributed by atoms with Crippen LogP contribution in [0.3, 0.4) is 0 Å². The van der Waals surface area contributed by atoms with Gasteiger partial charge >= 0.3 is 17.9 Å². The first kappa shape index (κ1) is 36.2. The lowest BCUT2D eigenvalue weighted by atomic mass is 10.2. The summed E-state index contributed by atoms with van der Waals surface area (Å²) in [6, 6.07) is 0. The van der Waals surface area contributed by atoms with Crippen LogP contribution in [0.25, 0.3) is 0 Å². The van der Waals surface area contributed by atoms with Gasteiger partial charge in [0.15, 0.2) is 0 Å². The Hall–Kier alpha value is -1.83. The summed E-state index contributed by atoms with van der Waals surface area (Å²) in [6.45, 7) is 22.1. The summed E-state index contributed by atoms with van der Waals surface area (Å²) in [5.74, 6) is -1.55. The number of hydrogen-bond acceptors (Lipinski definition) is 11. The van der Waals surface area contributed by atoms with Gasteiger partial charge in [0, 0.05) is 58.9 Å². The van der Waals surface area contributed by atoms with Gasteiger partial charge in [0.1, 0.15) is 11.2 Å². The van der Waals surface area contributed by atoms with Crippen LogP contribution in [0.5, 0.6) is 0 Å². The first-order chi connectivity index (χ1) is 18.3. The number of nitrogens with zero attached hydrogens (tertiary/aromatic N) is 4. The van der Waals surface area contributed by atoms with E-state index < -0.39 is 22.8 Å². The molecule has 1 aliphatic rings. The first-order valence-electron chi connectivity index (χ1n) is 14.2. The second kappa shape index (κ2) is 16.6. The molecule has 234 valence electrons. The highest BCUT2D eigenvalue weighted by molar-refractivity contribution is 5.72. The van der Waals surface area contributed by atoms with Crippen LogP contribution in [0, 0.1) is 0 Å². The fourth-order valence-electron chi connectivity index (χ4n) is 3.97. The standard InChI is InChI=1S/C28H54N4O8/c1-26(2,3)38-24(35)21-31-13-11-29(18-19-37-40-28(7,8)9)10-12-30(20-23(33)34)14-15-32(17-16-31)22-25(36)39-27(4,5)6/h10-22H2,1-9H3,(H,33,34). The van der Waals surface area contributed by atoms with Crippen LogP contribution < -0.4 is 0 Å². The van der Waals surface area contributed by atoms with E-state index in [-0.39, 0.29) is 31.6 Å². The quantitative estimate of drug-likeness (QED) is 0.177. The van der Waals surface area contributed by atoms with Crippen molar-refractivity contribution in [1.29, 1.82) is 0 Å². The van der Waals surface area contributed by atoms with E-state index in [1.165, 1.54) is 0 Å². The number of carboxylic acid groups (broad SMARTS) is 1. The van der Waals surface area contributed by atoms with Gasteiger partial charge in [-0.3, -0.25) is 34.0 Å². The Morgan fingerprint density at radius 2 is 0.925 bits per heavy atom. The van der Waals surface area contributed by atoms with Gasteiger partial charge in [-0.2, -0.15) is 0 Å². The maximum atomic E-state index is 12.7. The molecule has 0 aliphatic carbocycles. The zero-order valence-corrected chi connectivity index (χ0v) is 26.3. The van der Waals surface area contributed by atoms with Crippen molar-refractivity contribution in [2.75, 3.05) is 85.1 Å². The Balaban J connectivity index is 3.03. The molecule has 1 rings (SSSR count). The Morgan fingerprint density at radius 1 is 0.575 bits per heavy atom. The van der Waals surface area contributed by atoms with Gasteiger partial charge in [-0.15, -0.1) is 0 Å². The number of ether oxygens (including phenoxy) is 2. The molecule has 0 atom stereocenters. The molecule has 0 amide bonds. The van der Waals surface area contributed by atoms with E-state index in [1.807, 2.05) is 77.0 Å². The van der Waals surface area contributed by atoms with Gasteiger partial charge in [-0.25, -0.2) is 9.78 Å². The van der Waals surface area contributed by atoms with E-state index in [2.05, 4.69) is 4.90 Å². The van der Waals surface area contributed by atoms with Crippen LogP contribution in [0.1, 0.15) is 62.3 Å². The molecule has 12 nitrogen and oxygen atoms in total. The third-order valence-corrected chi connectivity index (χ3v) is 5.63. The van der Waals surface area contributed by atoms with Crippen LogP contribution >= 0.6 is 0 Å². The van der Waals surface area contributed by atoms with Crippen LogP contribution in [-0.2, 0) is 33.6 Å². The first-order valence-corrected chi connectivity index (χ1v) is 14.2. The van der Waals surface area contributed by atoms with Crippen molar-refractivity contribution in [2.24, 2.45) is 0 Å². The van der Waals surface area contributed by atoms with E-state index in [1.54, 1.807) is 0 Å². The monoisotopic (exact) mass is 574 g/mol. The topological polar surface area (TPSA) is 121 Å². The lowest BCUT2D eigenvalue weighted by Gasteiger charge is -2.34. The molecule has 0 aromatic rings. The molecule has 1 saturated heterocycles. The second-order valence-corrected chi connectivity index (χ2v) is 13.3. The third-order valence-electron chi connectivity index (χ3n) is 5.63. The van der Waals surface area contributed by atoms with Gasteiger partial charge in [0.25, 0.3) is 0 Å². The number of esters is 2. The number of aliphatic carboxylic acids is 1. The van der Waals surface area contributed by atoms with Crippen LogP contribution in [0.4, 0.5) is 0 Å². The smallest absolute Gasteiger partial charge is 0.320 e. The number of hydrogen-bond donors (Lipinski definition) is 1. The number of carbonyl (C=O) groups is 3. The SMILES string of the molecule is CC(C)(C)OOCCN1CCN(CC(=O)O)CCN(CC(=O)OC(C)(C)C)CCN(CC(=O)OC(C)(C)C)CC1. The van der Waals surface area contributed by atoms with Crippen molar-refractivity contribution in [3.63, 3.8) is 0 Å². The summed E-state index contributed by atoms with van der Waals surface area (Å²) in [5.41, 5.74) is -1.61. The van der Waals surface area contributed by atoms with Crippen LogP contribution in [-0.4, -0.2) is 145 Å². The van der Waals surface area contributed by atoms with E-state index in [0.29, 0.717) is 65.5 Å². The lowest BCUT2D eigenvalue weighted by Crippen LogP contribution is -2.49. The summed E-state index contributed by atoms with van der Waals surface area (Å²) in [7, 11) is 0. The minimum absolute atomic E-state index is 0.0791. The number of carbonyl (C=O) groups excluding carboxylic acids is 2. The molecule has 1 heterocycles. The Labute approximate surface area is 240 Å². The molecule has 0 aromatic heterocycles. The van der Waals surface area contributed by atoms with Gasteiger partial charge in [-0.05, 0) is 62.3 Å². The predicted octanol–water partition coefficient (Wildman–Crippen LogP) is 1.72. The summed E-state index contributed by atoms with van der Waals surface area (Å²) in [4.78, 5) is 55.7. The maximum absolute atomic E-state index is 12.7. The highest BCUT2D eigenvalue weighted by atomic mass is 17.2. The summed E-state index contributed by atoms with van der Waals surface area (Å²) in [6.07, 6.45) is 0. The molecular formula is C28H54N4O8. The Kier molecular flexibility index (Phi) is 15.0. The molecule has 12 heteroatoms. The maximum Gasteiger partial charge on any atom is 0.320 e. The molecule has 0 spiro atoms. The summed E-state index contributed by atoms with van der Waals surface area (Å²) >= 11 is 0.